The topological polar surface area (TPSA) is 137 Å². The smallest absolute Gasteiger partial charge is 0.330 e. The first kappa shape index (κ1) is 31.7. The van der Waals surface area contributed by atoms with Gasteiger partial charge >= 0.3 is 5.97 Å². The number of methoxy groups -OCH3 is 1. The fourth-order valence-corrected chi connectivity index (χ4v) is 6.27. The van der Waals surface area contributed by atoms with Crippen molar-refractivity contribution in [3.63, 3.8) is 0 Å². The lowest BCUT2D eigenvalue weighted by Gasteiger charge is -2.37. The highest BCUT2D eigenvalue weighted by molar-refractivity contribution is 5.95. The summed E-state index contributed by atoms with van der Waals surface area (Å²) in [6.45, 7) is 12.0. The third-order valence-electron chi connectivity index (χ3n) is 8.90. The number of nitrogens with zero attached hydrogens (tertiary/aromatic N) is 2. The number of benzene rings is 1. The van der Waals surface area contributed by atoms with Crippen LogP contribution in [0.3, 0.4) is 0 Å². The number of pyridine rings is 1. The Morgan fingerprint density at radius 3 is 2.61 bits per heavy atom. The number of likely N-dealkylation sites (tertiary alicyclic amines) is 1. The molecule has 1 aromatic carbocycles. The maximum atomic E-state index is 14.3. The van der Waals surface area contributed by atoms with Gasteiger partial charge in [-0.25, -0.2) is 4.79 Å². The maximum absolute atomic E-state index is 14.3. The predicted octanol–water partition coefficient (Wildman–Crippen LogP) is 4.00. The number of fused-ring (bicyclic) bond motifs is 1. The number of aliphatic carboxylic acids is 1. The summed E-state index contributed by atoms with van der Waals surface area (Å²) in [5.74, 6) is -1.15. The molecule has 3 fully saturated rings. The van der Waals surface area contributed by atoms with Gasteiger partial charge in [0.25, 0.3) is 5.91 Å². The first-order chi connectivity index (χ1) is 20.9. The van der Waals surface area contributed by atoms with Crippen LogP contribution < -0.4 is 14.8 Å². The van der Waals surface area contributed by atoms with E-state index in [4.69, 9.17) is 18.9 Å². The highest BCUT2D eigenvalue weighted by atomic mass is 16.7. The van der Waals surface area contributed by atoms with Gasteiger partial charge in [0.1, 0.15) is 35.3 Å². The van der Waals surface area contributed by atoms with Gasteiger partial charge in [-0.05, 0) is 56.2 Å². The number of carboxylic acid groups (broad SMARTS) is 1. The van der Waals surface area contributed by atoms with Gasteiger partial charge in [-0.15, -0.1) is 6.58 Å². The van der Waals surface area contributed by atoms with Gasteiger partial charge < -0.3 is 34.3 Å². The Hall–Kier alpha value is -3.70. The fraction of sp³-hybridized carbons (Fsp3) is 0.576. The van der Waals surface area contributed by atoms with E-state index in [1.165, 1.54) is 11.0 Å². The van der Waals surface area contributed by atoms with Gasteiger partial charge in [-0.1, -0.05) is 26.8 Å². The molecule has 2 saturated heterocycles. The lowest BCUT2D eigenvalue weighted by Crippen LogP contribution is -2.56. The molecule has 3 aliphatic rings. The third kappa shape index (κ3) is 6.12. The van der Waals surface area contributed by atoms with E-state index >= 15 is 0 Å². The molecule has 238 valence electrons. The first-order valence-electron chi connectivity index (χ1n) is 15.2. The van der Waals surface area contributed by atoms with Crippen LogP contribution >= 0.6 is 0 Å². The summed E-state index contributed by atoms with van der Waals surface area (Å²) in [5, 5.41) is 13.5. The summed E-state index contributed by atoms with van der Waals surface area (Å²) >= 11 is 0. The monoisotopic (exact) mass is 609 g/mol. The van der Waals surface area contributed by atoms with E-state index in [1.807, 2.05) is 39.8 Å². The van der Waals surface area contributed by atoms with Crippen LogP contribution in [0.4, 0.5) is 0 Å². The molecule has 11 heteroatoms. The molecule has 6 atom stereocenters. The number of rotatable bonds is 10. The standard InChI is InChI=1S/C33H43N3O8/c1-7-20-17-33(20,31(39)40)35-29(37)23-16-21(43-25-13-14-34-27-19(2)24(41-6)12-11-22(25)27)18-36(23)30(38)28(32(3,4)5)44-26-10-8-9-15-42-26/h7,11-14,20-21,23,26,28H,1,8-10,15-18H2,2-6H3,(H,35,37)(H,39,40)/t20?,21-,23+,26?,28-,33-/m1/s1. The molecule has 2 unspecified atom stereocenters. The van der Waals surface area contributed by atoms with Crippen LogP contribution in [-0.4, -0.2) is 83.1 Å². The molecule has 2 N–H and O–H groups in total. The molecular formula is C33H43N3O8. The average molecular weight is 610 g/mol. The van der Waals surface area contributed by atoms with Crippen LogP contribution in [0.15, 0.2) is 37.1 Å². The molecule has 2 aromatic rings. The van der Waals surface area contributed by atoms with E-state index in [9.17, 15) is 19.5 Å². The zero-order chi connectivity index (χ0) is 31.8. The molecule has 1 aromatic heterocycles. The van der Waals surface area contributed by atoms with Gasteiger partial charge in [-0.3, -0.25) is 14.6 Å². The Kier molecular flexibility index (Phi) is 8.91. The minimum Gasteiger partial charge on any atom is -0.496 e. The largest absolute Gasteiger partial charge is 0.496 e. The highest BCUT2D eigenvalue weighted by Gasteiger charge is 2.61. The molecule has 1 saturated carbocycles. The van der Waals surface area contributed by atoms with E-state index < -0.39 is 47.4 Å². The second-order valence-corrected chi connectivity index (χ2v) is 13.1. The summed E-state index contributed by atoms with van der Waals surface area (Å²) in [4.78, 5) is 46.3. The number of aromatic nitrogens is 1. The van der Waals surface area contributed by atoms with Gasteiger partial charge in [0, 0.05) is 36.1 Å². The van der Waals surface area contributed by atoms with E-state index in [1.54, 1.807) is 19.4 Å². The molecule has 0 bridgehead atoms. The number of nitrogens with one attached hydrogen (secondary N) is 1. The summed E-state index contributed by atoms with van der Waals surface area (Å²) in [5.41, 5.74) is -0.447. The van der Waals surface area contributed by atoms with Crippen molar-refractivity contribution < 1.29 is 38.4 Å². The Bertz CT molecular complexity index is 1430. The minimum absolute atomic E-state index is 0.113. The highest BCUT2D eigenvalue weighted by Crippen LogP contribution is 2.45. The number of hydrogen-bond acceptors (Lipinski definition) is 8. The maximum Gasteiger partial charge on any atom is 0.330 e. The van der Waals surface area contributed by atoms with E-state index in [-0.39, 0.29) is 31.2 Å². The molecule has 5 rings (SSSR count). The molecule has 2 aliphatic heterocycles. The van der Waals surface area contributed by atoms with Crippen molar-refractivity contribution in [2.45, 2.75) is 89.9 Å². The number of carbonyl (C=O) groups excluding carboxylic acids is 2. The Morgan fingerprint density at radius 2 is 2.00 bits per heavy atom. The van der Waals surface area contributed by atoms with Crippen molar-refractivity contribution in [2.24, 2.45) is 11.3 Å². The molecule has 3 heterocycles. The lowest BCUT2D eigenvalue weighted by molar-refractivity contribution is -0.213. The Balaban J connectivity index is 1.44. The van der Waals surface area contributed by atoms with Crippen molar-refractivity contribution in [1.29, 1.82) is 0 Å². The van der Waals surface area contributed by atoms with Crippen LogP contribution in [0.1, 0.15) is 58.4 Å². The second-order valence-electron chi connectivity index (χ2n) is 13.1. The van der Waals surface area contributed by atoms with Crippen LogP contribution in [0.25, 0.3) is 10.9 Å². The zero-order valence-corrected chi connectivity index (χ0v) is 26.1. The van der Waals surface area contributed by atoms with E-state index in [0.717, 1.165) is 29.3 Å². The average Bonchev–Trinajstić information content (AvgIpc) is 3.55. The molecule has 11 nitrogen and oxygen atoms in total. The summed E-state index contributed by atoms with van der Waals surface area (Å²) in [7, 11) is 1.60. The van der Waals surface area contributed by atoms with Gasteiger partial charge in [0.05, 0.1) is 19.2 Å². The van der Waals surface area contributed by atoms with E-state index in [2.05, 4.69) is 16.9 Å². The van der Waals surface area contributed by atoms with Crippen LogP contribution in [0.5, 0.6) is 11.5 Å². The fourth-order valence-electron chi connectivity index (χ4n) is 6.27. The number of hydrogen-bond donors (Lipinski definition) is 2. The van der Waals surface area contributed by atoms with Gasteiger partial charge in [-0.2, -0.15) is 0 Å². The SMILES string of the molecule is C=CC1C[C@]1(NC(=O)[C@@H]1C[C@@H](Oc2ccnc3c(C)c(OC)ccc23)CN1C(=O)[C@@H](OC1CCCCO1)C(C)(C)C)C(=O)O. The molecule has 0 spiro atoms. The third-order valence-corrected chi connectivity index (χ3v) is 8.90. The zero-order valence-electron chi connectivity index (χ0n) is 26.1. The van der Waals surface area contributed by atoms with Crippen LogP contribution in [-0.2, 0) is 23.9 Å². The van der Waals surface area contributed by atoms with Crippen molar-refractivity contribution in [2.75, 3.05) is 20.3 Å². The van der Waals surface area contributed by atoms with E-state index in [0.29, 0.717) is 24.5 Å². The molecule has 1 aliphatic carbocycles. The number of carbonyl (C=O) groups is 3. The molecular weight excluding hydrogens is 566 g/mol. The normalized spacial score (nSPS) is 27.4. The van der Waals surface area contributed by atoms with Crippen LogP contribution in [0.2, 0.25) is 0 Å². The first-order valence-corrected chi connectivity index (χ1v) is 15.2. The van der Waals surface area contributed by atoms with Crippen LogP contribution in [0, 0.1) is 18.3 Å². The quantitative estimate of drug-likeness (QED) is 0.383. The van der Waals surface area contributed by atoms with Gasteiger partial charge in [0.15, 0.2) is 6.29 Å². The molecule has 2 amide bonds. The number of amides is 2. The minimum atomic E-state index is -1.43. The number of ether oxygens (including phenoxy) is 4. The molecule has 0 radical (unpaired) electrons. The van der Waals surface area contributed by atoms with Crippen molar-refractivity contribution >= 4 is 28.7 Å². The van der Waals surface area contributed by atoms with Crippen molar-refractivity contribution in [3.05, 3.63) is 42.6 Å². The lowest BCUT2D eigenvalue weighted by atomic mass is 9.87. The number of carboxylic acids is 1. The summed E-state index contributed by atoms with van der Waals surface area (Å²) in [6.07, 6.45) is 4.20. The Labute approximate surface area is 257 Å². The second kappa shape index (κ2) is 12.4. The van der Waals surface area contributed by atoms with Gasteiger partial charge in [0.2, 0.25) is 5.91 Å². The summed E-state index contributed by atoms with van der Waals surface area (Å²) < 4.78 is 24.0. The number of aryl methyl sites for hydroxylation is 1. The van der Waals surface area contributed by atoms with Crippen molar-refractivity contribution in [1.82, 2.24) is 15.2 Å². The Morgan fingerprint density at radius 1 is 1.23 bits per heavy atom. The predicted molar refractivity (Wildman–Crippen MR) is 162 cm³/mol. The summed E-state index contributed by atoms with van der Waals surface area (Å²) in [6, 6.07) is 4.51. The molecule has 44 heavy (non-hydrogen) atoms. The van der Waals surface area contributed by atoms with Crippen molar-refractivity contribution in [3.8, 4) is 11.5 Å².